The summed E-state index contributed by atoms with van der Waals surface area (Å²) in [6.07, 6.45) is 3.27. The van der Waals surface area contributed by atoms with Crippen LogP contribution >= 0.6 is 0 Å². The summed E-state index contributed by atoms with van der Waals surface area (Å²) in [7, 11) is 0. The number of nitrogens with zero attached hydrogens (tertiary/aromatic N) is 2. The molecule has 2 fully saturated rings. The van der Waals surface area contributed by atoms with Crippen LogP contribution in [0.3, 0.4) is 0 Å². The van der Waals surface area contributed by atoms with Gasteiger partial charge in [-0.2, -0.15) is 0 Å². The molecule has 2 aliphatic heterocycles. The smallest absolute Gasteiger partial charge is 0.241 e. The quantitative estimate of drug-likeness (QED) is 0.445. The zero-order valence-electron chi connectivity index (χ0n) is 21.2. The molecule has 6 nitrogen and oxygen atoms in total. The third-order valence-corrected chi connectivity index (χ3v) is 7.48. The number of hydrogen-bond acceptors (Lipinski definition) is 4. The lowest BCUT2D eigenvalue weighted by Crippen LogP contribution is -2.59. The second-order valence-electron chi connectivity index (χ2n) is 9.97. The zero-order chi connectivity index (χ0) is 25.5. The second-order valence-corrected chi connectivity index (χ2v) is 9.97. The van der Waals surface area contributed by atoms with Gasteiger partial charge in [0.2, 0.25) is 11.8 Å². The fraction of sp³-hybridized carbons (Fsp3) is 0.355. The molecule has 2 saturated heterocycles. The minimum atomic E-state index is -0.431. The maximum absolute atomic E-state index is 13.7. The summed E-state index contributed by atoms with van der Waals surface area (Å²) in [6, 6.07) is 29.8. The van der Waals surface area contributed by atoms with Crippen molar-refractivity contribution < 1.29 is 14.3 Å². The summed E-state index contributed by atoms with van der Waals surface area (Å²) in [5.74, 6) is 1.13. The van der Waals surface area contributed by atoms with Gasteiger partial charge in [-0.3, -0.25) is 14.9 Å². The lowest BCUT2D eigenvalue weighted by atomic mass is 9.95. The van der Waals surface area contributed by atoms with Crippen LogP contribution in [0.2, 0.25) is 0 Å². The molecule has 5 rings (SSSR count). The van der Waals surface area contributed by atoms with E-state index in [2.05, 4.69) is 29.6 Å². The molecule has 1 N–H and O–H groups in total. The third-order valence-electron chi connectivity index (χ3n) is 7.48. The van der Waals surface area contributed by atoms with E-state index in [0.29, 0.717) is 45.5 Å². The molecule has 2 aliphatic rings. The van der Waals surface area contributed by atoms with E-state index in [4.69, 9.17) is 4.74 Å². The molecule has 1 spiro atoms. The topological polar surface area (TPSA) is 61.9 Å². The standard InChI is InChI=1S/C31H35N3O3/c35-29(17-10-22-37-27-15-8-3-9-16-27)33-20-18-31(19-21-33)32-28(23-25-11-4-1-5-12-25)30(36)34(31)24-26-13-6-2-7-14-26/h1-9,11-16,28,32H,10,17-24H2. The second kappa shape index (κ2) is 11.6. The molecular formula is C31H35N3O3. The molecule has 1 unspecified atom stereocenters. The molecule has 37 heavy (non-hydrogen) atoms. The molecule has 3 aromatic rings. The third kappa shape index (κ3) is 6.03. The molecule has 0 aliphatic carbocycles. The van der Waals surface area contributed by atoms with Crippen molar-refractivity contribution in [1.82, 2.24) is 15.1 Å². The first-order valence-electron chi connectivity index (χ1n) is 13.3. The molecule has 0 saturated carbocycles. The zero-order valence-corrected chi connectivity index (χ0v) is 21.2. The fourth-order valence-corrected chi connectivity index (χ4v) is 5.47. The summed E-state index contributed by atoms with van der Waals surface area (Å²) < 4.78 is 5.74. The Hall–Kier alpha value is -3.64. The molecule has 192 valence electrons. The molecule has 0 radical (unpaired) electrons. The molecule has 0 bridgehead atoms. The Kier molecular flexibility index (Phi) is 7.85. The van der Waals surface area contributed by atoms with Crippen molar-refractivity contribution >= 4 is 11.8 Å². The monoisotopic (exact) mass is 497 g/mol. The Morgan fingerprint density at radius 1 is 0.865 bits per heavy atom. The van der Waals surface area contributed by atoms with Gasteiger partial charge >= 0.3 is 0 Å². The highest BCUT2D eigenvalue weighted by molar-refractivity contribution is 5.85. The van der Waals surface area contributed by atoms with Crippen LogP contribution in [0.4, 0.5) is 0 Å². The number of hydrogen-bond donors (Lipinski definition) is 1. The summed E-state index contributed by atoms with van der Waals surface area (Å²) in [5, 5.41) is 3.72. The molecule has 1 atom stereocenters. The molecule has 6 heteroatoms. The Bertz CT molecular complexity index is 1160. The van der Waals surface area contributed by atoms with Crippen LogP contribution in [-0.4, -0.2) is 53.0 Å². The highest BCUT2D eigenvalue weighted by Crippen LogP contribution is 2.35. The molecule has 2 amide bonds. The van der Waals surface area contributed by atoms with E-state index in [-0.39, 0.29) is 17.9 Å². The Morgan fingerprint density at radius 3 is 2.11 bits per heavy atom. The van der Waals surface area contributed by atoms with Gasteiger partial charge in [-0.1, -0.05) is 78.9 Å². The average molecular weight is 498 g/mol. The number of carbonyl (C=O) groups excluding carboxylic acids is 2. The van der Waals surface area contributed by atoms with Crippen LogP contribution in [-0.2, 0) is 22.6 Å². The summed E-state index contributed by atoms with van der Waals surface area (Å²) >= 11 is 0. The Labute approximate surface area is 219 Å². The predicted molar refractivity (Wildman–Crippen MR) is 144 cm³/mol. The number of amides is 2. The molecule has 2 heterocycles. The van der Waals surface area contributed by atoms with Gasteiger partial charge < -0.3 is 14.5 Å². The van der Waals surface area contributed by atoms with Gasteiger partial charge in [0.25, 0.3) is 0 Å². The van der Waals surface area contributed by atoms with Crippen LogP contribution in [0, 0.1) is 0 Å². The number of piperidine rings is 1. The maximum Gasteiger partial charge on any atom is 0.241 e. The number of carbonyl (C=O) groups is 2. The predicted octanol–water partition coefficient (Wildman–Crippen LogP) is 4.41. The number of likely N-dealkylation sites (tertiary alicyclic amines) is 1. The highest BCUT2D eigenvalue weighted by atomic mass is 16.5. The van der Waals surface area contributed by atoms with Gasteiger partial charge in [-0.05, 0) is 36.1 Å². The van der Waals surface area contributed by atoms with Crippen LogP contribution in [0.5, 0.6) is 5.75 Å². The van der Waals surface area contributed by atoms with Crippen LogP contribution in [0.25, 0.3) is 0 Å². The number of rotatable bonds is 9. The maximum atomic E-state index is 13.7. The fourth-order valence-electron chi connectivity index (χ4n) is 5.47. The van der Waals surface area contributed by atoms with Crippen molar-refractivity contribution in [2.24, 2.45) is 0 Å². The Balaban J connectivity index is 1.21. The first-order valence-corrected chi connectivity index (χ1v) is 13.3. The first kappa shape index (κ1) is 25.0. The number of para-hydroxylation sites is 1. The van der Waals surface area contributed by atoms with Gasteiger partial charge in [0.15, 0.2) is 0 Å². The molecular weight excluding hydrogens is 462 g/mol. The Morgan fingerprint density at radius 2 is 1.46 bits per heavy atom. The number of benzene rings is 3. The summed E-state index contributed by atoms with van der Waals surface area (Å²) in [4.78, 5) is 30.6. The largest absolute Gasteiger partial charge is 0.494 e. The van der Waals surface area contributed by atoms with E-state index < -0.39 is 5.66 Å². The van der Waals surface area contributed by atoms with E-state index in [1.165, 1.54) is 0 Å². The minimum Gasteiger partial charge on any atom is -0.494 e. The van der Waals surface area contributed by atoms with Gasteiger partial charge in [0, 0.05) is 38.9 Å². The van der Waals surface area contributed by atoms with Gasteiger partial charge in [-0.15, -0.1) is 0 Å². The molecule has 0 aromatic heterocycles. The average Bonchev–Trinajstić information content (AvgIpc) is 3.18. The minimum absolute atomic E-state index is 0.144. The number of ether oxygens (including phenoxy) is 1. The van der Waals surface area contributed by atoms with Crippen LogP contribution in [0.1, 0.15) is 36.8 Å². The lowest BCUT2D eigenvalue weighted by molar-refractivity contribution is -0.137. The van der Waals surface area contributed by atoms with Gasteiger partial charge in [0.05, 0.1) is 18.3 Å². The van der Waals surface area contributed by atoms with E-state index in [1.807, 2.05) is 76.5 Å². The van der Waals surface area contributed by atoms with Crippen LogP contribution < -0.4 is 10.1 Å². The summed E-state index contributed by atoms with van der Waals surface area (Å²) in [5.41, 5.74) is 1.84. The van der Waals surface area contributed by atoms with E-state index in [9.17, 15) is 9.59 Å². The lowest BCUT2D eigenvalue weighted by Gasteiger charge is -2.44. The SMILES string of the molecule is O=C(CCCOc1ccccc1)N1CCC2(CC1)NC(Cc1ccccc1)C(=O)N2Cc1ccccc1. The first-order chi connectivity index (χ1) is 18.1. The van der Waals surface area contributed by atoms with Crippen molar-refractivity contribution in [2.45, 2.75) is 50.4 Å². The van der Waals surface area contributed by atoms with E-state index in [0.717, 1.165) is 29.7 Å². The van der Waals surface area contributed by atoms with Crippen molar-refractivity contribution in [1.29, 1.82) is 0 Å². The van der Waals surface area contributed by atoms with Crippen molar-refractivity contribution in [3.63, 3.8) is 0 Å². The van der Waals surface area contributed by atoms with Gasteiger partial charge in [-0.25, -0.2) is 0 Å². The highest BCUT2D eigenvalue weighted by Gasteiger charge is 2.51. The van der Waals surface area contributed by atoms with Crippen molar-refractivity contribution in [2.75, 3.05) is 19.7 Å². The van der Waals surface area contributed by atoms with Crippen molar-refractivity contribution in [3.8, 4) is 5.75 Å². The van der Waals surface area contributed by atoms with Gasteiger partial charge in [0.1, 0.15) is 5.75 Å². The van der Waals surface area contributed by atoms with E-state index >= 15 is 0 Å². The number of nitrogens with one attached hydrogen (secondary N) is 1. The summed E-state index contributed by atoms with van der Waals surface area (Å²) in [6.45, 7) is 2.38. The normalized spacial score (nSPS) is 18.8. The van der Waals surface area contributed by atoms with E-state index in [1.54, 1.807) is 0 Å². The molecule has 3 aromatic carbocycles. The van der Waals surface area contributed by atoms with Crippen molar-refractivity contribution in [3.05, 3.63) is 102 Å². The van der Waals surface area contributed by atoms with Crippen LogP contribution in [0.15, 0.2) is 91.0 Å².